The zero-order chi connectivity index (χ0) is 15.9. The van der Waals surface area contributed by atoms with E-state index in [9.17, 15) is 4.79 Å². The molecule has 2 aromatic rings. The predicted octanol–water partition coefficient (Wildman–Crippen LogP) is 2.12. The molecule has 4 heteroatoms. The molecule has 0 unspecified atom stereocenters. The second-order valence-electron chi connectivity index (χ2n) is 5.79. The van der Waals surface area contributed by atoms with Crippen LogP contribution in [0.1, 0.15) is 5.56 Å². The number of rotatable bonds is 5. The first-order chi connectivity index (χ1) is 11.3. The number of anilines is 1. The van der Waals surface area contributed by atoms with Crippen LogP contribution < -0.4 is 10.2 Å². The lowest BCUT2D eigenvalue weighted by atomic mass is 10.2. The summed E-state index contributed by atoms with van der Waals surface area (Å²) in [7, 11) is 0. The number of para-hydroxylation sites is 1. The van der Waals surface area contributed by atoms with Crippen molar-refractivity contribution in [2.45, 2.75) is 6.54 Å². The molecule has 0 bridgehead atoms. The van der Waals surface area contributed by atoms with Crippen molar-refractivity contribution in [3.05, 3.63) is 66.2 Å². The molecule has 4 nitrogen and oxygen atoms in total. The first-order valence-electron chi connectivity index (χ1n) is 8.15. The van der Waals surface area contributed by atoms with Crippen LogP contribution in [0.5, 0.6) is 0 Å². The molecular weight excluding hydrogens is 286 g/mol. The van der Waals surface area contributed by atoms with Gasteiger partial charge in [-0.3, -0.25) is 4.79 Å². The maximum absolute atomic E-state index is 12.3. The van der Waals surface area contributed by atoms with Crippen LogP contribution >= 0.6 is 0 Å². The lowest BCUT2D eigenvalue weighted by molar-refractivity contribution is -0.130. The summed E-state index contributed by atoms with van der Waals surface area (Å²) in [6.45, 7) is 4.52. The third-order valence-corrected chi connectivity index (χ3v) is 4.20. The minimum absolute atomic E-state index is 0.189. The number of hydrogen-bond donors (Lipinski definition) is 1. The van der Waals surface area contributed by atoms with Crippen molar-refractivity contribution < 1.29 is 4.79 Å². The van der Waals surface area contributed by atoms with Crippen molar-refractivity contribution in [1.29, 1.82) is 0 Å². The normalized spacial score (nSPS) is 14.8. The number of nitrogens with one attached hydrogen (secondary N) is 1. The number of benzene rings is 2. The fraction of sp³-hybridized carbons (Fsp3) is 0.316. The van der Waals surface area contributed by atoms with Gasteiger partial charge in [0.25, 0.3) is 0 Å². The summed E-state index contributed by atoms with van der Waals surface area (Å²) in [5.41, 5.74) is 2.44. The van der Waals surface area contributed by atoms with E-state index in [0.29, 0.717) is 6.54 Å². The minimum atomic E-state index is 0.189. The van der Waals surface area contributed by atoms with Gasteiger partial charge in [0.05, 0.1) is 6.54 Å². The van der Waals surface area contributed by atoms with Gasteiger partial charge in [-0.2, -0.15) is 0 Å². The Kier molecular flexibility index (Phi) is 5.27. The Balaban J connectivity index is 1.41. The van der Waals surface area contributed by atoms with E-state index in [1.165, 1.54) is 11.3 Å². The van der Waals surface area contributed by atoms with Crippen molar-refractivity contribution in [2.24, 2.45) is 0 Å². The van der Waals surface area contributed by atoms with Gasteiger partial charge in [0, 0.05) is 38.4 Å². The Morgan fingerprint density at radius 3 is 2.13 bits per heavy atom. The molecule has 0 saturated carbocycles. The molecule has 1 aliphatic rings. The van der Waals surface area contributed by atoms with Gasteiger partial charge in [0.1, 0.15) is 0 Å². The Morgan fingerprint density at radius 2 is 1.48 bits per heavy atom. The van der Waals surface area contributed by atoms with Crippen LogP contribution in [-0.4, -0.2) is 43.5 Å². The molecule has 2 aromatic carbocycles. The Hall–Kier alpha value is -2.33. The smallest absolute Gasteiger partial charge is 0.236 e. The van der Waals surface area contributed by atoms with E-state index in [2.05, 4.69) is 46.6 Å². The summed E-state index contributed by atoms with van der Waals surface area (Å²) in [6, 6.07) is 20.6. The van der Waals surface area contributed by atoms with Crippen LogP contribution in [0.4, 0.5) is 5.69 Å². The molecule has 0 spiro atoms. The third-order valence-electron chi connectivity index (χ3n) is 4.20. The summed E-state index contributed by atoms with van der Waals surface area (Å²) in [5.74, 6) is 0.189. The molecule has 0 atom stereocenters. The second-order valence-corrected chi connectivity index (χ2v) is 5.79. The molecule has 23 heavy (non-hydrogen) atoms. The highest BCUT2D eigenvalue weighted by Gasteiger charge is 2.20. The summed E-state index contributed by atoms with van der Waals surface area (Å²) >= 11 is 0. The van der Waals surface area contributed by atoms with Gasteiger partial charge in [0.2, 0.25) is 5.91 Å². The van der Waals surface area contributed by atoms with Gasteiger partial charge in [-0.25, -0.2) is 0 Å². The SMILES string of the molecule is O=C(CNCc1ccccc1)N1CCN(c2ccccc2)CC1. The summed E-state index contributed by atoms with van der Waals surface area (Å²) < 4.78 is 0. The van der Waals surface area contributed by atoms with Crippen LogP contribution in [0.2, 0.25) is 0 Å². The highest BCUT2D eigenvalue weighted by Crippen LogP contribution is 2.15. The molecular formula is C19H23N3O. The fourth-order valence-corrected chi connectivity index (χ4v) is 2.87. The largest absolute Gasteiger partial charge is 0.368 e. The van der Waals surface area contributed by atoms with Crippen molar-refractivity contribution in [2.75, 3.05) is 37.6 Å². The van der Waals surface area contributed by atoms with Crippen molar-refractivity contribution in [3.63, 3.8) is 0 Å². The van der Waals surface area contributed by atoms with E-state index in [-0.39, 0.29) is 5.91 Å². The molecule has 1 aliphatic heterocycles. The number of amides is 1. The summed E-state index contributed by atoms with van der Waals surface area (Å²) in [5, 5.41) is 3.24. The standard InChI is InChI=1S/C19H23N3O/c23-19(16-20-15-17-7-3-1-4-8-17)22-13-11-21(12-14-22)18-9-5-2-6-10-18/h1-10,20H,11-16H2. The van der Waals surface area contributed by atoms with Crippen LogP contribution in [0, 0.1) is 0 Å². The number of piperazine rings is 1. The van der Waals surface area contributed by atoms with Gasteiger partial charge in [-0.1, -0.05) is 48.5 Å². The lowest BCUT2D eigenvalue weighted by Gasteiger charge is -2.36. The molecule has 0 aliphatic carbocycles. The van der Waals surface area contributed by atoms with Gasteiger partial charge in [-0.15, -0.1) is 0 Å². The van der Waals surface area contributed by atoms with E-state index in [1.807, 2.05) is 29.2 Å². The molecule has 1 saturated heterocycles. The number of carbonyl (C=O) groups is 1. The van der Waals surface area contributed by atoms with Gasteiger partial charge < -0.3 is 15.1 Å². The summed E-state index contributed by atoms with van der Waals surface area (Å²) in [4.78, 5) is 16.6. The fourth-order valence-electron chi connectivity index (χ4n) is 2.87. The van der Waals surface area contributed by atoms with Crippen molar-refractivity contribution in [3.8, 4) is 0 Å². The molecule has 0 aromatic heterocycles. The van der Waals surface area contributed by atoms with Crippen molar-refractivity contribution in [1.82, 2.24) is 10.2 Å². The second kappa shape index (κ2) is 7.79. The first-order valence-corrected chi connectivity index (χ1v) is 8.15. The molecule has 1 heterocycles. The molecule has 1 amide bonds. The number of hydrogen-bond acceptors (Lipinski definition) is 3. The van der Waals surface area contributed by atoms with E-state index in [0.717, 1.165) is 32.7 Å². The van der Waals surface area contributed by atoms with Crippen LogP contribution in [-0.2, 0) is 11.3 Å². The summed E-state index contributed by atoms with van der Waals surface area (Å²) in [6.07, 6.45) is 0. The molecule has 3 rings (SSSR count). The van der Waals surface area contributed by atoms with Gasteiger partial charge in [0.15, 0.2) is 0 Å². The van der Waals surface area contributed by atoms with E-state index >= 15 is 0 Å². The molecule has 1 fully saturated rings. The lowest BCUT2D eigenvalue weighted by Crippen LogP contribution is -2.50. The Labute approximate surface area is 137 Å². The first kappa shape index (κ1) is 15.6. The van der Waals surface area contributed by atoms with E-state index in [4.69, 9.17) is 0 Å². The molecule has 120 valence electrons. The zero-order valence-electron chi connectivity index (χ0n) is 13.3. The third kappa shape index (κ3) is 4.33. The van der Waals surface area contributed by atoms with Gasteiger partial charge >= 0.3 is 0 Å². The molecule has 1 N–H and O–H groups in total. The Bertz CT molecular complexity index is 607. The average molecular weight is 309 g/mol. The maximum Gasteiger partial charge on any atom is 0.236 e. The van der Waals surface area contributed by atoms with Crippen LogP contribution in [0.15, 0.2) is 60.7 Å². The van der Waals surface area contributed by atoms with Crippen LogP contribution in [0.3, 0.4) is 0 Å². The zero-order valence-corrected chi connectivity index (χ0v) is 13.3. The Morgan fingerprint density at radius 1 is 0.870 bits per heavy atom. The van der Waals surface area contributed by atoms with E-state index < -0.39 is 0 Å². The number of carbonyl (C=O) groups excluding carboxylic acids is 1. The average Bonchev–Trinajstić information content (AvgIpc) is 2.63. The minimum Gasteiger partial charge on any atom is -0.368 e. The highest BCUT2D eigenvalue weighted by atomic mass is 16.2. The topological polar surface area (TPSA) is 35.6 Å². The highest BCUT2D eigenvalue weighted by molar-refractivity contribution is 5.78. The predicted molar refractivity (Wildman–Crippen MR) is 93.4 cm³/mol. The van der Waals surface area contributed by atoms with Crippen molar-refractivity contribution >= 4 is 11.6 Å². The van der Waals surface area contributed by atoms with Crippen LogP contribution in [0.25, 0.3) is 0 Å². The van der Waals surface area contributed by atoms with E-state index in [1.54, 1.807) is 0 Å². The van der Waals surface area contributed by atoms with Gasteiger partial charge in [-0.05, 0) is 17.7 Å². The molecule has 0 radical (unpaired) electrons. The number of nitrogens with zero attached hydrogens (tertiary/aromatic N) is 2. The quantitative estimate of drug-likeness (QED) is 0.919. The monoisotopic (exact) mass is 309 g/mol. The maximum atomic E-state index is 12.3.